The van der Waals surface area contributed by atoms with E-state index in [2.05, 4.69) is 185 Å². The number of rotatable bonds is 63. The molecule has 2 aliphatic rings. The third-order valence-electron chi connectivity index (χ3n) is 18.3. The van der Waals surface area contributed by atoms with Gasteiger partial charge < -0.3 is 96.8 Å². The van der Waals surface area contributed by atoms with Gasteiger partial charge in [-0.2, -0.15) is 8.42 Å². The first kappa shape index (κ1) is 148. The highest BCUT2D eigenvalue weighted by Crippen LogP contribution is 2.42. The largest absolute Gasteiger partial charge is 0.460 e. The molecule has 0 amide bonds. The predicted octanol–water partition coefficient (Wildman–Crippen LogP) is 24.3. The summed E-state index contributed by atoms with van der Waals surface area (Å²) in [5.74, 6) is -2.44. The monoisotopic (exact) mass is 2180 g/mol. The fraction of sp³-hybridized carbons (Fsp3) is 0.830. The van der Waals surface area contributed by atoms with E-state index in [-0.39, 0.29) is 104 Å². The minimum Gasteiger partial charge on any atom is -0.460 e. The molecule has 2 fully saturated rings. The third-order valence-corrected chi connectivity index (χ3v) is 75.2. The van der Waals surface area contributed by atoms with Gasteiger partial charge in [0.1, 0.15) is 33.0 Å². The van der Waals surface area contributed by atoms with Crippen molar-refractivity contribution in [2.75, 3.05) is 99.1 Å². The first-order valence-corrected chi connectivity index (χ1v) is 86.3. The standard InChI is InChI=1S/C36H64O16Si4.C20H46O6Si4.C20H48O4Si4.C6H18OSi2.6CH4.H2O4S.H2/c1-9-33(37)45-25-21-41-17-13-29-53(5)49-54(6,30-14-18-42-22-26-46-34(38)10-2)51-56(8,32-16-20-44-24-28-48-36(40)12-4)52-55(7,50-53)31-15-19-43-23-27-47-35(39)11-3;1-11-13-18-29(9,24-27(3,4)5)26-30(10,25-28(6,7)8)19-14-15-22-16-17-23-20(21)12-2;1-9-13-17-25(5)21-26(6,18-14-10-2)23-28(8,20-16-12-4)24-27(7,22-25)19-15-11-3;1-8(2,3)7-9(4,5)6;;;;;;;1-5(2,3)4;/h9-12H,1-4,13-32H2,5-8H3;12H,2,11,13-19H2,1,3-10H3;9-20H2,1-8H3;1-6H3;6*1H4;(H2,1,2,3,4);1H/i;;;;;;;;;;;1+1D. The molecule has 31 nitrogen and oxygen atoms in total. The van der Waals surface area contributed by atoms with Gasteiger partial charge in [0, 0.05) is 66.4 Å². The zero-order valence-electron chi connectivity index (χ0n) is 86.3. The number of hydrogen-bond donors (Lipinski definition) is 2. The van der Waals surface area contributed by atoms with Crippen LogP contribution in [0.5, 0.6) is 0 Å². The van der Waals surface area contributed by atoms with E-state index in [4.69, 9.17) is 117 Å². The van der Waals surface area contributed by atoms with Gasteiger partial charge in [-0.1, -0.05) is 176 Å². The Bertz CT molecular complexity index is 2940. The molecule has 2 heterocycles. The van der Waals surface area contributed by atoms with E-state index in [9.17, 15) is 24.0 Å². The number of esters is 5. The fourth-order valence-corrected chi connectivity index (χ4v) is 87.4. The SMILES string of the molecule is C.C.C.C.C.C.C=CC(=O)OCCOCCC[Si](C)(O[Si](C)(C)C)O[Si](C)(CCCC)O[Si](C)(C)C.C=CC(=O)OCCOCCC[Si]1(C)O[Si](C)(CCCOCCOC(=O)C=C)O[Si](C)(CCCOCCOC(=O)C=C)O[Si](C)(CCCOCCOC(=O)C=C)O1.CCCC[Si]1(C)O[Si](C)(CCCC)O[Si](C)(CCCC)O[Si](C)(CCCC)O1.C[Si](C)(C)O[Si](C)(C)C.O=S(=O)(O)O.[2H][2H]. The molecule has 2 saturated heterocycles. The number of unbranched alkanes of at least 4 members (excludes halogenated alkanes) is 5. The highest BCUT2D eigenvalue weighted by Gasteiger charge is 2.58. The van der Waals surface area contributed by atoms with E-state index in [1.165, 1.54) is 51.4 Å². The van der Waals surface area contributed by atoms with Gasteiger partial charge in [-0.25, -0.2) is 24.0 Å². The Morgan fingerprint density at radius 1 is 0.276 bits per heavy atom. The van der Waals surface area contributed by atoms with Crippen LogP contribution in [0.4, 0.5) is 0 Å². The van der Waals surface area contributed by atoms with Gasteiger partial charge in [0.15, 0.2) is 33.3 Å². The molecular formula is C88H204O31SSi14. The maximum absolute atomic E-state index is 11.4. The molecule has 46 heteroatoms. The van der Waals surface area contributed by atoms with Gasteiger partial charge in [-0.05, 0) is 237 Å². The van der Waals surface area contributed by atoms with Crippen LogP contribution in [-0.4, -0.2) is 265 Å². The van der Waals surface area contributed by atoms with Crippen molar-refractivity contribution >= 4 is 159 Å². The van der Waals surface area contributed by atoms with E-state index in [0.717, 1.165) is 85.9 Å². The Morgan fingerprint density at radius 3 is 0.582 bits per heavy atom. The van der Waals surface area contributed by atoms with Crippen molar-refractivity contribution < 1.29 is 141 Å². The summed E-state index contributed by atoms with van der Waals surface area (Å²) in [7, 11) is -36.5. The lowest BCUT2D eigenvalue weighted by Gasteiger charge is -2.50. The van der Waals surface area contributed by atoms with E-state index in [1.54, 1.807) is 0 Å². The summed E-state index contributed by atoms with van der Waals surface area (Å²) in [5.41, 5.74) is 0. The second-order valence-corrected chi connectivity index (χ2v) is 92.7. The lowest BCUT2D eigenvalue weighted by molar-refractivity contribution is -0.140. The highest BCUT2D eigenvalue weighted by molar-refractivity contribution is 7.79. The molecule has 0 aliphatic carbocycles. The van der Waals surface area contributed by atoms with Crippen LogP contribution in [0.1, 0.15) is 178 Å². The van der Waals surface area contributed by atoms with Crippen molar-refractivity contribution in [3.63, 3.8) is 0 Å². The van der Waals surface area contributed by atoms with Crippen LogP contribution >= 0.6 is 0 Å². The summed E-state index contributed by atoms with van der Waals surface area (Å²) >= 11 is 0. The number of ether oxygens (including phenoxy) is 10. The van der Waals surface area contributed by atoms with Crippen molar-refractivity contribution in [2.45, 2.75) is 380 Å². The van der Waals surface area contributed by atoms with E-state index in [0.29, 0.717) is 89.5 Å². The van der Waals surface area contributed by atoms with Crippen LogP contribution in [0.25, 0.3) is 0 Å². The van der Waals surface area contributed by atoms with Crippen LogP contribution in [0.3, 0.4) is 0 Å². The average Bonchev–Trinajstić information content (AvgIpc) is 0.770. The molecule has 2 rings (SSSR count). The van der Waals surface area contributed by atoms with Crippen LogP contribution in [0.2, 0.25) is 204 Å². The van der Waals surface area contributed by atoms with E-state index in [1.807, 2.05) is 26.2 Å². The second-order valence-electron chi connectivity index (χ2n) is 37.4. The lowest BCUT2D eigenvalue weighted by Crippen LogP contribution is -2.67. The van der Waals surface area contributed by atoms with Gasteiger partial charge in [0.2, 0.25) is 0 Å². The first-order valence-electron chi connectivity index (χ1n) is 47.0. The summed E-state index contributed by atoms with van der Waals surface area (Å²) in [4.78, 5) is 56.5. The van der Waals surface area contributed by atoms with Gasteiger partial charge >= 0.3 is 126 Å². The number of hydrogen-bond acceptors (Lipinski definition) is 29. The van der Waals surface area contributed by atoms with E-state index >= 15 is 0 Å². The maximum atomic E-state index is 11.4. The molecular weight excluding hydrogens is 1980 g/mol. The minimum absolute atomic E-state index is 0. The molecule has 134 heavy (non-hydrogen) atoms. The van der Waals surface area contributed by atoms with Crippen molar-refractivity contribution in [3.8, 4) is 0 Å². The smallest absolute Gasteiger partial charge is 0.394 e. The molecule has 2 aliphatic heterocycles. The van der Waals surface area contributed by atoms with Crippen LogP contribution in [0.15, 0.2) is 63.3 Å². The molecule has 0 bridgehead atoms. The molecule has 0 aromatic rings. The number of carbonyl (C=O) groups is 5. The van der Waals surface area contributed by atoms with Crippen LogP contribution in [-0.2, 0) is 131 Å². The third kappa shape index (κ3) is 84.8. The topological polar surface area (TPSA) is 363 Å². The summed E-state index contributed by atoms with van der Waals surface area (Å²) < 4.78 is 178. The van der Waals surface area contributed by atoms with Gasteiger partial charge in [-0.15, -0.1) is 0 Å². The summed E-state index contributed by atoms with van der Waals surface area (Å²) in [6.07, 6.45) is 20.7. The molecule has 0 radical (unpaired) electrons. The summed E-state index contributed by atoms with van der Waals surface area (Å²) in [5, 5.41) is 0. The molecule has 0 aromatic heterocycles. The van der Waals surface area contributed by atoms with Crippen molar-refractivity contribution in [1.82, 2.24) is 0 Å². The Labute approximate surface area is 836 Å². The van der Waals surface area contributed by atoms with Gasteiger partial charge in [0.25, 0.3) is 0 Å². The zero-order chi connectivity index (χ0) is 101. The molecule has 0 spiro atoms. The van der Waals surface area contributed by atoms with E-state index < -0.39 is 159 Å². The van der Waals surface area contributed by atoms with Crippen molar-refractivity contribution in [2.24, 2.45) is 0 Å². The quantitative estimate of drug-likeness (QED) is 0.0143. The van der Waals surface area contributed by atoms with Crippen LogP contribution in [0, 0.1) is 0 Å². The highest BCUT2D eigenvalue weighted by atomic mass is 32.3. The molecule has 804 valence electrons. The summed E-state index contributed by atoms with van der Waals surface area (Å²) in [6.45, 7) is 81.1. The normalized spacial score (nSPS) is 22.7. The zero-order valence-corrected chi connectivity index (χ0v) is 99.2. The predicted molar refractivity (Wildman–Crippen MR) is 585 cm³/mol. The second kappa shape index (κ2) is 76.8. The Balaban J connectivity index is -0.000000210. The molecule has 0 aromatic carbocycles. The molecule has 2 unspecified atom stereocenters. The van der Waals surface area contributed by atoms with Crippen molar-refractivity contribution in [3.05, 3.63) is 63.3 Å². The number of carbonyl (C=O) groups excluding carboxylic acids is 5. The molecule has 2 N–H and O–H groups in total. The lowest BCUT2D eigenvalue weighted by atomic mass is 10.4. The van der Waals surface area contributed by atoms with Gasteiger partial charge in [0.05, 0.1) is 33.0 Å². The van der Waals surface area contributed by atoms with Crippen LogP contribution < -0.4 is 0 Å². The van der Waals surface area contributed by atoms with Gasteiger partial charge in [-0.3, -0.25) is 9.11 Å². The fourth-order valence-electron chi connectivity index (χ4n) is 14.3. The Morgan fingerprint density at radius 2 is 0.433 bits per heavy atom. The Kier molecular flexibility index (Phi) is 84.6. The molecule has 2 atom stereocenters. The molecule has 0 saturated carbocycles. The minimum atomic E-state index is -4.67. The first-order chi connectivity index (χ1) is 60.1. The van der Waals surface area contributed by atoms with Crippen molar-refractivity contribution in [1.29, 1.82) is 0 Å². The Hall–Kier alpha value is -1.72. The average molecular weight is 2190 g/mol. The summed E-state index contributed by atoms with van der Waals surface area (Å²) in [6, 6.07) is 8.56. The maximum Gasteiger partial charge on any atom is 0.394 e.